The average molecular weight is 485 g/mol. The van der Waals surface area contributed by atoms with E-state index in [0.29, 0.717) is 6.07 Å². The fourth-order valence-electron chi connectivity index (χ4n) is 2.78. The van der Waals surface area contributed by atoms with Crippen LogP contribution < -0.4 is 0 Å². The Kier molecular flexibility index (Phi) is 7.17. The van der Waals surface area contributed by atoms with Crippen molar-refractivity contribution in [2.24, 2.45) is 0 Å². The van der Waals surface area contributed by atoms with Crippen LogP contribution in [-0.2, 0) is 6.18 Å². The summed E-state index contributed by atoms with van der Waals surface area (Å²) < 4.78 is 95.2. The third kappa shape index (κ3) is 5.62. The Morgan fingerprint density at radius 1 is 1.00 bits per heavy atom. The van der Waals surface area contributed by atoms with Crippen molar-refractivity contribution < 1.29 is 35.8 Å². The summed E-state index contributed by atoms with van der Waals surface area (Å²) in [7, 11) is 0. The summed E-state index contributed by atoms with van der Waals surface area (Å²) in [6.07, 6.45) is -8.67. The standard InChI is InChI=1S/C21H13Cl2F7O/c1-3-13-17(22)7-12(8-18(13)23)15(20(25,26)27)9-19(24)11-4-5-14(10(2)31)16(6-11)21(28,29)30/h3-9,15,31H,1-2H2/b19-9-. The van der Waals surface area contributed by atoms with Gasteiger partial charge in [0.25, 0.3) is 0 Å². The normalized spacial score (nSPS) is 13.8. The predicted octanol–water partition coefficient (Wildman–Crippen LogP) is 8.84. The highest BCUT2D eigenvalue weighted by molar-refractivity contribution is 6.37. The molecule has 0 saturated carbocycles. The number of aliphatic hydroxyl groups excluding tert-OH is 1. The van der Waals surface area contributed by atoms with Gasteiger partial charge in [-0.3, -0.25) is 0 Å². The highest BCUT2D eigenvalue weighted by Gasteiger charge is 2.40. The van der Waals surface area contributed by atoms with Crippen molar-refractivity contribution in [1.29, 1.82) is 0 Å². The molecule has 0 bridgehead atoms. The first kappa shape index (κ1) is 24.8. The Bertz CT molecular complexity index is 1030. The van der Waals surface area contributed by atoms with Gasteiger partial charge in [-0.05, 0) is 35.9 Å². The zero-order chi connectivity index (χ0) is 23.7. The van der Waals surface area contributed by atoms with Gasteiger partial charge in [-0.2, -0.15) is 26.3 Å². The molecule has 0 spiro atoms. The van der Waals surface area contributed by atoms with Crippen LogP contribution in [0.3, 0.4) is 0 Å². The number of benzene rings is 2. The Hall–Kier alpha value is -2.45. The van der Waals surface area contributed by atoms with Crippen LogP contribution in [0.1, 0.15) is 33.7 Å². The van der Waals surface area contributed by atoms with Crippen LogP contribution in [0.25, 0.3) is 17.7 Å². The minimum Gasteiger partial charge on any atom is -0.508 e. The maximum absolute atomic E-state index is 14.7. The van der Waals surface area contributed by atoms with E-state index in [9.17, 15) is 35.8 Å². The first-order valence-corrected chi connectivity index (χ1v) is 9.07. The van der Waals surface area contributed by atoms with Crippen LogP contribution in [-0.4, -0.2) is 11.3 Å². The molecule has 31 heavy (non-hydrogen) atoms. The molecule has 0 radical (unpaired) electrons. The van der Waals surface area contributed by atoms with E-state index in [1.54, 1.807) is 0 Å². The Balaban J connectivity index is 2.63. The average Bonchev–Trinajstić information content (AvgIpc) is 2.63. The van der Waals surface area contributed by atoms with Gasteiger partial charge in [0.05, 0.1) is 5.56 Å². The SMILES string of the molecule is C=Cc1c(Cl)cc(C(/C=C(\F)c2ccc(C(=C)O)c(C(F)(F)F)c2)C(F)(F)F)cc1Cl. The number of aliphatic hydroxyl groups is 1. The fourth-order valence-corrected chi connectivity index (χ4v) is 3.44. The number of halogens is 9. The number of alkyl halides is 6. The van der Waals surface area contributed by atoms with Gasteiger partial charge in [-0.15, -0.1) is 0 Å². The Morgan fingerprint density at radius 2 is 1.55 bits per heavy atom. The lowest BCUT2D eigenvalue weighted by Gasteiger charge is -2.19. The van der Waals surface area contributed by atoms with Gasteiger partial charge in [0, 0.05) is 26.7 Å². The van der Waals surface area contributed by atoms with E-state index in [1.165, 1.54) is 6.08 Å². The smallest absolute Gasteiger partial charge is 0.417 e. The van der Waals surface area contributed by atoms with Crippen LogP contribution in [0.2, 0.25) is 10.0 Å². The third-order valence-electron chi connectivity index (χ3n) is 4.24. The molecule has 2 rings (SSSR count). The van der Waals surface area contributed by atoms with E-state index < -0.39 is 52.1 Å². The molecule has 0 aromatic heterocycles. The van der Waals surface area contributed by atoms with Gasteiger partial charge >= 0.3 is 12.4 Å². The van der Waals surface area contributed by atoms with Crippen molar-refractivity contribution in [3.63, 3.8) is 0 Å². The molecular weight excluding hydrogens is 472 g/mol. The van der Waals surface area contributed by atoms with Crippen LogP contribution in [0.5, 0.6) is 0 Å². The lowest BCUT2D eigenvalue weighted by Crippen LogP contribution is -2.19. The summed E-state index contributed by atoms with van der Waals surface area (Å²) in [5, 5.41) is 8.99. The molecule has 2 aromatic rings. The molecule has 0 amide bonds. The zero-order valence-electron chi connectivity index (χ0n) is 15.4. The molecule has 1 nitrogen and oxygen atoms in total. The second-order valence-corrected chi connectivity index (χ2v) is 7.16. The molecule has 1 unspecified atom stereocenters. The van der Waals surface area contributed by atoms with Gasteiger partial charge in [0.2, 0.25) is 0 Å². The van der Waals surface area contributed by atoms with E-state index in [-0.39, 0.29) is 27.8 Å². The van der Waals surface area contributed by atoms with Gasteiger partial charge < -0.3 is 5.11 Å². The maximum Gasteiger partial charge on any atom is 0.417 e. The summed E-state index contributed by atoms with van der Waals surface area (Å²) >= 11 is 11.8. The number of allylic oxidation sites excluding steroid dienone is 1. The second kappa shape index (κ2) is 8.96. The van der Waals surface area contributed by atoms with Crippen molar-refractivity contribution in [1.82, 2.24) is 0 Å². The van der Waals surface area contributed by atoms with Crippen LogP contribution in [0.15, 0.2) is 49.6 Å². The van der Waals surface area contributed by atoms with Crippen molar-refractivity contribution in [2.75, 3.05) is 0 Å². The molecule has 2 aromatic carbocycles. The van der Waals surface area contributed by atoms with Crippen molar-refractivity contribution in [3.05, 3.63) is 87.4 Å². The summed E-state index contributed by atoms with van der Waals surface area (Å²) in [5.41, 5.74) is -3.29. The van der Waals surface area contributed by atoms with Crippen molar-refractivity contribution >= 4 is 40.9 Å². The van der Waals surface area contributed by atoms with E-state index >= 15 is 0 Å². The van der Waals surface area contributed by atoms with Crippen molar-refractivity contribution in [3.8, 4) is 0 Å². The Morgan fingerprint density at radius 3 is 1.97 bits per heavy atom. The molecule has 10 heteroatoms. The molecule has 0 fully saturated rings. The summed E-state index contributed by atoms with van der Waals surface area (Å²) in [6.45, 7) is 6.42. The highest BCUT2D eigenvalue weighted by atomic mass is 35.5. The molecule has 1 N–H and O–H groups in total. The topological polar surface area (TPSA) is 20.2 Å². The maximum atomic E-state index is 14.7. The first-order valence-electron chi connectivity index (χ1n) is 8.32. The Labute approximate surface area is 182 Å². The van der Waals surface area contributed by atoms with E-state index in [0.717, 1.165) is 18.2 Å². The van der Waals surface area contributed by atoms with Crippen LogP contribution >= 0.6 is 23.2 Å². The molecule has 0 saturated heterocycles. The predicted molar refractivity (Wildman–Crippen MR) is 108 cm³/mol. The summed E-state index contributed by atoms with van der Waals surface area (Å²) in [6, 6.07) is 3.64. The minimum absolute atomic E-state index is 0.124. The van der Waals surface area contributed by atoms with Crippen molar-refractivity contribution in [2.45, 2.75) is 18.3 Å². The zero-order valence-corrected chi connectivity index (χ0v) is 16.9. The molecular formula is C21H13Cl2F7O. The van der Waals surface area contributed by atoms with Gasteiger partial charge in [-0.25, -0.2) is 4.39 Å². The second-order valence-electron chi connectivity index (χ2n) is 6.34. The summed E-state index contributed by atoms with van der Waals surface area (Å²) in [5.74, 6) is -5.05. The first-order chi connectivity index (χ1) is 14.2. The van der Waals surface area contributed by atoms with Crippen LogP contribution in [0.4, 0.5) is 30.7 Å². The molecule has 166 valence electrons. The minimum atomic E-state index is -5.01. The van der Waals surface area contributed by atoms with Gasteiger partial charge in [0.1, 0.15) is 17.5 Å². The largest absolute Gasteiger partial charge is 0.508 e. The molecule has 1 atom stereocenters. The number of hydrogen-bond donors (Lipinski definition) is 1. The van der Waals surface area contributed by atoms with E-state index in [2.05, 4.69) is 13.2 Å². The lowest BCUT2D eigenvalue weighted by atomic mass is 9.94. The molecule has 0 aliphatic carbocycles. The van der Waals surface area contributed by atoms with Gasteiger partial charge in [0.15, 0.2) is 0 Å². The number of hydrogen-bond acceptors (Lipinski definition) is 1. The number of rotatable bonds is 5. The quantitative estimate of drug-likeness (QED) is 0.332. The lowest BCUT2D eigenvalue weighted by molar-refractivity contribution is -0.140. The molecule has 0 aliphatic heterocycles. The van der Waals surface area contributed by atoms with E-state index in [1.807, 2.05) is 0 Å². The van der Waals surface area contributed by atoms with E-state index in [4.69, 9.17) is 23.2 Å². The molecule has 0 heterocycles. The van der Waals surface area contributed by atoms with Crippen LogP contribution in [0, 0.1) is 0 Å². The third-order valence-corrected chi connectivity index (χ3v) is 4.87. The summed E-state index contributed by atoms with van der Waals surface area (Å²) in [4.78, 5) is 0. The highest BCUT2D eigenvalue weighted by Crippen LogP contribution is 2.42. The fraction of sp³-hybridized carbons (Fsp3) is 0.143. The molecule has 0 aliphatic rings. The monoisotopic (exact) mass is 484 g/mol. The van der Waals surface area contributed by atoms with Gasteiger partial charge in [-0.1, -0.05) is 48.5 Å².